The van der Waals surface area contributed by atoms with Crippen molar-refractivity contribution in [2.75, 3.05) is 18.4 Å². The summed E-state index contributed by atoms with van der Waals surface area (Å²) in [5.74, 6) is -0.106. The van der Waals surface area contributed by atoms with Crippen molar-refractivity contribution in [1.29, 1.82) is 0 Å². The van der Waals surface area contributed by atoms with Crippen LogP contribution in [0.25, 0.3) is 5.70 Å². The number of thiophene rings is 1. The highest BCUT2D eigenvalue weighted by atomic mass is 32.1. The molecule has 2 aromatic rings. The molecule has 164 valence electrons. The SMILES string of the molecule is CC(=O)N1CCCC(Oc2cc(F)ccc2NC2=C(C)N(C(=O)O)Cc3sccc32)C1. The van der Waals surface area contributed by atoms with E-state index in [2.05, 4.69) is 5.32 Å². The predicted octanol–water partition coefficient (Wildman–Crippen LogP) is 4.57. The molecule has 0 radical (unpaired) electrons. The zero-order valence-corrected chi connectivity index (χ0v) is 18.2. The lowest BCUT2D eigenvalue weighted by atomic mass is 10.1. The second-order valence-electron chi connectivity index (χ2n) is 7.70. The Morgan fingerprint density at radius 1 is 1.32 bits per heavy atom. The highest BCUT2D eigenvalue weighted by molar-refractivity contribution is 7.10. The third-order valence-corrected chi connectivity index (χ3v) is 6.54. The molecule has 2 amide bonds. The van der Waals surface area contributed by atoms with Crippen molar-refractivity contribution < 1.29 is 23.8 Å². The number of likely N-dealkylation sites (tertiary alicyclic amines) is 1. The number of nitrogens with one attached hydrogen (secondary N) is 1. The number of piperidine rings is 1. The Balaban J connectivity index is 1.64. The Kier molecular flexibility index (Phi) is 5.86. The summed E-state index contributed by atoms with van der Waals surface area (Å²) in [6.45, 7) is 4.72. The van der Waals surface area contributed by atoms with Gasteiger partial charge in [-0.25, -0.2) is 9.18 Å². The number of carbonyl (C=O) groups is 2. The van der Waals surface area contributed by atoms with E-state index in [0.717, 1.165) is 23.3 Å². The summed E-state index contributed by atoms with van der Waals surface area (Å²) in [5, 5.41) is 14.8. The number of amides is 2. The number of allylic oxidation sites excluding steroid dienone is 1. The van der Waals surface area contributed by atoms with Crippen LogP contribution in [-0.2, 0) is 11.3 Å². The number of anilines is 1. The minimum Gasteiger partial charge on any atom is -0.486 e. The molecular formula is C22H24FN3O4S. The van der Waals surface area contributed by atoms with Gasteiger partial charge >= 0.3 is 6.09 Å². The largest absolute Gasteiger partial charge is 0.486 e. The second kappa shape index (κ2) is 8.58. The monoisotopic (exact) mass is 445 g/mol. The number of ether oxygens (including phenoxy) is 1. The Hall–Kier alpha value is -3.07. The molecule has 4 rings (SSSR count). The second-order valence-corrected chi connectivity index (χ2v) is 8.70. The van der Waals surface area contributed by atoms with Crippen molar-refractivity contribution in [2.45, 2.75) is 39.3 Å². The van der Waals surface area contributed by atoms with Gasteiger partial charge in [-0.3, -0.25) is 9.69 Å². The molecule has 2 aliphatic heterocycles. The first-order valence-electron chi connectivity index (χ1n) is 10.1. The molecule has 1 unspecified atom stereocenters. The maximum Gasteiger partial charge on any atom is 0.411 e. The van der Waals surface area contributed by atoms with E-state index in [4.69, 9.17) is 4.74 Å². The minimum atomic E-state index is -1.03. The first-order chi connectivity index (χ1) is 14.8. The molecular weight excluding hydrogens is 421 g/mol. The smallest absolute Gasteiger partial charge is 0.411 e. The van der Waals surface area contributed by atoms with Crippen molar-refractivity contribution in [2.24, 2.45) is 0 Å². The van der Waals surface area contributed by atoms with Crippen LogP contribution in [0.3, 0.4) is 0 Å². The molecule has 0 aliphatic carbocycles. The van der Waals surface area contributed by atoms with Crippen LogP contribution in [0.2, 0.25) is 0 Å². The van der Waals surface area contributed by atoms with Gasteiger partial charge in [0.1, 0.15) is 17.7 Å². The van der Waals surface area contributed by atoms with Gasteiger partial charge in [0.15, 0.2) is 0 Å². The molecule has 2 aliphatic rings. The standard InChI is InChI=1S/C22H24FN3O4S/c1-13-21(17-7-9-31-20(17)12-26(13)22(28)29)24-18-6-5-15(23)10-19(18)30-16-4-3-8-25(11-16)14(2)27/h5-7,9-10,16,24H,3-4,8,11-12H2,1-2H3,(H,28,29). The van der Waals surface area contributed by atoms with E-state index < -0.39 is 11.9 Å². The van der Waals surface area contributed by atoms with Gasteiger partial charge in [-0.15, -0.1) is 11.3 Å². The van der Waals surface area contributed by atoms with Gasteiger partial charge in [-0.1, -0.05) is 0 Å². The maximum atomic E-state index is 14.1. The van der Waals surface area contributed by atoms with Crippen LogP contribution in [0.5, 0.6) is 5.75 Å². The van der Waals surface area contributed by atoms with Crippen molar-refractivity contribution in [3.63, 3.8) is 0 Å². The number of halogens is 1. The van der Waals surface area contributed by atoms with Gasteiger partial charge in [0.25, 0.3) is 0 Å². The van der Waals surface area contributed by atoms with Gasteiger partial charge in [0.05, 0.1) is 24.5 Å². The molecule has 1 aromatic carbocycles. The van der Waals surface area contributed by atoms with E-state index in [1.54, 1.807) is 17.9 Å². The molecule has 1 atom stereocenters. The number of fused-ring (bicyclic) bond motifs is 1. The minimum absolute atomic E-state index is 0.00683. The van der Waals surface area contributed by atoms with Crippen molar-refractivity contribution >= 4 is 34.7 Å². The average molecular weight is 446 g/mol. The lowest BCUT2D eigenvalue weighted by Crippen LogP contribution is -2.43. The van der Waals surface area contributed by atoms with Gasteiger partial charge in [-0.2, -0.15) is 0 Å². The van der Waals surface area contributed by atoms with Crippen LogP contribution in [0, 0.1) is 5.82 Å². The molecule has 0 saturated carbocycles. The summed E-state index contributed by atoms with van der Waals surface area (Å²) in [4.78, 5) is 27.4. The molecule has 0 bridgehead atoms. The normalized spacial score (nSPS) is 18.6. The molecule has 7 nitrogen and oxygen atoms in total. The molecule has 3 heterocycles. The van der Waals surface area contributed by atoms with Crippen LogP contribution in [0.1, 0.15) is 37.1 Å². The van der Waals surface area contributed by atoms with Gasteiger partial charge in [0.2, 0.25) is 5.91 Å². The zero-order chi connectivity index (χ0) is 22.1. The third-order valence-electron chi connectivity index (χ3n) is 5.63. The van der Waals surface area contributed by atoms with E-state index in [9.17, 15) is 19.1 Å². The van der Waals surface area contributed by atoms with Gasteiger partial charge in [0, 0.05) is 35.7 Å². The summed E-state index contributed by atoms with van der Waals surface area (Å²) in [7, 11) is 0. The highest BCUT2D eigenvalue weighted by Gasteiger charge is 2.28. The van der Waals surface area contributed by atoms with Gasteiger partial charge < -0.3 is 20.1 Å². The van der Waals surface area contributed by atoms with Crippen LogP contribution >= 0.6 is 11.3 Å². The van der Waals surface area contributed by atoms with Crippen molar-refractivity contribution in [3.05, 3.63) is 51.6 Å². The Morgan fingerprint density at radius 2 is 2.13 bits per heavy atom. The topological polar surface area (TPSA) is 82.1 Å². The maximum absolute atomic E-state index is 14.1. The van der Waals surface area contributed by atoms with E-state index in [1.807, 2.05) is 11.4 Å². The van der Waals surface area contributed by atoms with Crippen LogP contribution in [0.15, 0.2) is 35.3 Å². The molecule has 31 heavy (non-hydrogen) atoms. The lowest BCUT2D eigenvalue weighted by Gasteiger charge is -2.33. The molecule has 1 saturated heterocycles. The van der Waals surface area contributed by atoms with E-state index in [0.29, 0.717) is 42.5 Å². The molecule has 1 fully saturated rings. The Morgan fingerprint density at radius 3 is 2.87 bits per heavy atom. The molecule has 2 N–H and O–H groups in total. The summed E-state index contributed by atoms with van der Waals surface area (Å²) in [5.41, 5.74) is 2.68. The fraction of sp³-hybridized carbons (Fsp3) is 0.364. The number of rotatable bonds is 4. The van der Waals surface area contributed by atoms with Crippen molar-refractivity contribution in [3.8, 4) is 5.75 Å². The van der Waals surface area contributed by atoms with E-state index >= 15 is 0 Å². The number of carboxylic acid groups (broad SMARTS) is 1. The zero-order valence-electron chi connectivity index (χ0n) is 17.4. The number of benzene rings is 1. The Labute approximate surface area is 183 Å². The summed E-state index contributed by atoms with van der Waals surface area (Å²) >= 11 is 1.49. The van der Waals surface area contributed by atoms with E-state index in [-0.39, 0.29) is 12.0 Å². The van der Waals surface area contributed by atoms with Crippen LogP contribution in [0.4, 0.5) is 14.9 Å². The predicted molar refractivity (Wildman–Crippen MR) is 116 cm³/mol. The highest BCUT2D eigenvalue weighted by Crippen LogP contribution is 2.38. The fourth-order valence-corrected chi connectivity index (χ4v) is 4.85. The fourth-order valence-electron chi connectivity index (χ4n) is 3.98. The molecule has 9 heteroatoms. The van der Waals surface area contributed by atoms with Crippen LogP contribution in [-0.4, -0.2) is 46.1 Å². The summed E-state index contributed by atoms with van der Waals surface area (Å²) in [6, 6.07) is 6.18. The molecule has 1 aromatic heterocycles. The number of hydrogen-bond acceptors (Lipinski definition) is 5. The first kappa shape index (κ1) is 21.2. The molecule has 0 spiro atoms. The first-order valence-corrected chi connectivity index (χ1v) is 11.0. The summed E-state index contributed by atoms with van der Waals surface area (Å²) < 4.78 is 20.2. The number of carbonyl (C=O) groups excluding carboxylic acids is 1. The van der Waals surface area contributed by atoms with Crippen LogP contribution < -0.4 is 10.1 Å². The van der Waals surface area contributed by atoms with Crippen molar-refractivity contribution in [1.82, 2.24) is 9.80 Å². The lowest BCUT2D eigenvalue weighted by molar-refractivity contribution is -0.131. The van der Waals surface area contributed by atoms with Gasteiger partial charge in [-0.05, 0) is 43.3 Å². The Bertz CT molecular complexity index is 1050. The van der Waals surface area contributed by atoms with E-state index in [1.165, 1.54) is 35.3 Å². The third kappa shape index (κ3) is 4.36. The number of nitrogens with zero attached hydrogens (tertiary/aromatic N) is 2. The quantitative estimate of drug-likeness (QED) is 0.720. The summed E-state index contributed by atoms with van der Waals surface area (Å²) in [6.07, 6.45) is 0.313. The average Bonchev–Trinajstić information content (AvgIpc) is 3.20. The number of hydrogen-bond donors (Lipinski definition) is 2.